The van der Waals surface area contributed by atoms with Crippen LogP contribution >= 0.6 is 23.4 Å². The maximum Gasteiger partial charge on any atom is 0.234 e. The predicted molar refractivity (Wildman–Crippen MR) is 75.9 cm³/mol. The molecule has 0 spiro atoms. The Kier molecular flexibility index (Phi) is 3.53. The first kappa shape index (κ1) is 12.6. The molecule has 2 heterocycles. The minimum absolute atomic E-state index is 0.0358. The molecule has 3 rings (SSSR count). The van der Waals surface area contributed by atoms with Crippen molar-refractivity contribution in [2.45, 2.75) is 11.9 Å². The molecule has 0 saturated carbocycles. The van der Waals surface area contributed by atoms with Gasteiger partial charge in [0.1, 0.15) is 11.1 Å². The zero-order chi connectivity index (χ0) is 13.2. The minimum Gasteiger partial charge on any atom is -0.467 e. The van der Waals surface area contributed by atoms with E-state index in [-0.39, 0.29) is 11.3 Å². The summed E-state index contributed by atoms with van der Waals surface area (Å²) in [5.41, 5.74) is 0.978. The Morgan fingerprint density at radius 1 is 1.32 bits per heavy atom. The second kappa shape index (κ2) is 5.31. The summed E-state index contributed by atoms with van der Waals surface area (Å²) in [6.45, 7) is 0.481. The van der Waals surface area contributed by atoms with E-state index in [1.807, 2.05) is 41.3 Å². The molecule has 1 fully saturated rings. The highest BCUT2D eigenvalue weighted by Gasteiger charge is 2.34. The first-order valence-electron chi connectivity index (χ1n) is 5.93. The summed E-state index contributed by atoms with van der Waals surface area (Å²) in [5, 5.41) is 0.658. The third-order valence-electron chi connectivity index (χ3n) is 3.05. The lowest BCUT2D eigenvalue weighted by molar-refractivity contribution is -0.128. The van der Waals surface area contributed by atoms with Gasteiger partial charge in [-0.1, -0.05) is 29.8 Å². The molecule has 98 valence electrons. The van der Waals surface area contributed by atoms with E-state index in [4.69, 9.17) is 16.0 Å². The van der Waals surface area contributed by atoms with Gasteiger partial charge in [-0.15, -0.1) is 11.8 Å². The van der Waals surface area contributed by atoms with Crippen LogP contribution in [0.4, 0.5) is 0 Å². The van der Waals surface area contributed by atoms with Gasteiger partial charge in [-0.3, -0.25) is 4.79 Å². The van der Waals surface area contributed by atoms with E-state index in [9.17, 15) is 4.79 Å². The molecule has 0 bridgehead atoms. The van der Waals surface area contributed by atoms with Gasteiger partial charge in [0, 0.05) is 10.6 Å². The van der Waals surface area contributed by atoms with Gasteiger partial charge in [0.2, 0.25) is 5.91 Å². The Morgan fingerprint density at radius 2 is 2.16 bits per heavy atom. The van der Waals surface area contributed by atoms with E-state index in [1.165, 1.54) is 0 Å². The largest absolute Gasteiger partial charge is 0.467 e. The monoisotopic (exact) mass is 293 g/mol. The summed E-state index contributed by atoms with van der Waals surface area (Å²) in [7, 11) is 0. The van der Waals surface area contributed by atoms with Crippen LogP contribution in [0.2, 0.25) is 5.02 Å². The molecule has 1 aromatic carbocycles. The lowest BCUT2D eigenvalue weighted by Gasteiger charge is -2.23. The van der Waals surface area contributed by atoms with Crippen LogP contribution in [0.1, 0.15) is 16.7 Å². The Hall–Kier alpha value is -1.39. The van der Waals surface area contributed by atoms with E-state index in [2.05, 4.69) is 0 Å². The topological polar surface area (TPSA) is 33.5 Å². The van der Waals surface area contributed by atoms with E-state index in [0.29, 0.717) is 17.3 Å². The van der Waals surface area contributed by atoms with Crippen LogP contribution in [0.3, 0.4) is 0 Å². The number of thioether (sulfide) groups is 1. The number of nitrogens with zero attached hydrogens (tertiary/aromatic N) is 1. The average Bonchev–Trinajstić information content (AvgIpc) is 3.03. The minimum atomic E-state index is -0.0358. The number of carbonyl (C=O) groups excluding carboxylic acids is 1. The summed E-state index contributed by atoms with van der Waals surface area (Å²) < 4.78 is 5.32. The predicted octanol–water partition coefficient (Wildman–Crippen LogP) is 3.71. The summed E-state index contributed by atoms with van der Waals surface area (Å²) in [4.78, 5) is 13.8. The fourth-order valence-corrected chi connectivity index (χ4v) is 3.66. The highest BCUT2D eigenvalue weighted by Crippen LogP contribution is 2.42. The molecule has 0 radical (unpaired) electrons. The molecule has 0 aliphatic carbocycles. The fourth-order valence-electron chi connectivity index (χ4n) is 2.13. The van der Waals surface area contributed by atoms with Crippen molar-refractivity contribution in [2.24, 2.45) is 0 Å². The van der Waals surface area contributed by atoms with Crippen molar-refractivity contribution in [3.8, 4) is 0 Å². The zero-order valence-corrected chi connectivity index (χ0v) is 11.7. The van der Waals surface area contributed by atoms with Crippen molar-refractivity contribution >= 4 is 29.3 Å². The molecule has 1 saturated heterocycles. The number of rotatable bonds is 3. The molecule has 1 aliphatic heterocycles. The third kappa shape index (κ3) is 2.51. The molecule has 5 heteroatoms. The normalized spacial score (nSPS) is 19.1. The summed E-state index contributed by atoms with van der Waals surface area (Å²) in [5.74, 6) is 1.38. The first-order chi connectivity index (χ1) is 9.25. The van der Waals surface area contributed by atoms with Crippen molar-refractivity contribution in [1.82, 2.24) is 4.90 Å². The molecule has 1 aromatic heterocycles. The second-order valence-electron chi connectivity index (χ2n) is 4.29. The van der Waals surface area contributed by atoms with Gasteiger partial charge < -0.3 is 9.32 Å². The van der Waals surface area contributed by atoms with E-state index in [1.54, 1.807) is 18.0 Å². The van der Waals surface area contributed by atoms with Crippen LogP contribution in [0.5, 0.6) is 0 Å². The highest BCUT2D eigenvalue weighted by molar-refractivity contribution is 8.00. The van der Waals surface area contributed by atoms with Crippen molar-refractivity contribution in [3.63, 3.8) is 0 Å². The molecule has 1 aliphatic rings. The maximum absolute atomic E-state index is 12.0. The van der Waals surface area contributed by atoms with E-state index < -0.39 is 0 Å². The molecule has 1 atom stereocenters. The Bertz CT molecular complexity index is 585. The molecule has 1 unspecified atom stereocenters. The molecule has 2 aromatic rings. The number of benzene rings is 1. The Morgan fingerprint density at radius 3 is 2.89 bits per heavy atom. The fraction of sp³-hybridized carbons (Fsp3) is 0.214. The summed E-state index contributed by atoms with van der Waals surface area (Å²) in [6.07, 6.45) is 1.62. The van der Waals surface area contributed by atoms with Crippen molar-refractivity contribution in [3.05, 3.63) is 59.0 Å². The molecule has 3 nitrogen and oxygen atoms in total. The van der Waals surface area contributed by atoms with Crippen LogP contribution in [-0.2, 0) is 11.3 Å². The van der Waals surface area contributed by atoms with Crippen LogP contribution in [0.15, 0.2) is 47.1 Å². The first-order valence-corrected chi connectivity index (χ1v) is 7.36. The summed E-state index contributed by atoms with van der Waals surface area (Å²) in [6, 6.07) is 11.4. The van der Waals surface area contributed by atoms with Gasteiger partial charge in [-0.05, 0) is 18.2 Å². The molecule has 0 N–H and O–H groups in total. The van der Waals surface area contributed by atoms with Crippen molar-refractivity contribution in [2.75, 3.05) is 5.75 Å². The standard InChI is InChI=1S/C14H12ClNO2S/c15-12-6-2-1-5-11(12)14-16(13(17)9-19-14)8-10-4-3-7-18-10/h1-7,14H,8-9H2. The highest BCUT2D eigenvalue weighted by atomic mass is 35.5. The van der Waals surface area contributed by atoms with Crippen LogP contribution in [0.25, 0.3) is 0 Å². The maximum atomic E-state index is 12.0. The molecule has 19 heavy (non-hydrogen) atoms. The molecule has 1 amide bonds. The lowest BCUT2D eigenvalue weighted by Crippen LogP contribution is -2.27. The van der Waals surface area contributed by atoms with Crippen LogP contribution < -0.4 is 0 Å². The van der Waals surface area contributed by atoms with Gasteiger partial charge >= 0.3 is 0 Å². The number of hydrogen-bond donors (Lipinski definition) is 0. The van der Waals surface area contributed by atoms with Crippen LogP contribution in [-0.4, -0.2) is 16.6 Å². The number of amides is 1. The van der Waals surface area contributed by atoms with Gasteiger partial charge in [0.25, 0.3) is 0 Å². The van der Waals surface area contributed by atoms with Gasteiger partial charge in [0.05, 0.1) is 18.6 Å². The van der Waals surface area contributed by atoms with E-state index in [0.717, 1.165) is 11.3 Å². The Balaban J connectivity index is 1.88. The quantitative estimate of drug-likeness (QED) is 0.865. The van der Waals surface area contributed by atoms with E-state index >= 15 is 0 Å². The summed E-state index contributed by atoms with van der Waals surface area (Å²) >= 11 is 7.82. The van der Waals surface area contributed by atoms with Crippen molar-refractivity contribution in [1.29, 1.82) is 0 Å². The average molecular weight is 294 g/mol. The SMILES string of the molecule is O=C1CSC(c2ccccc2Cl)N1Cc1ccco1. The Labute approximate surface area is 120 Å². The second-order valence-corrected chi connectivity index (χ2v) is 5.76. The molecular formula is C14H12ClNO2S. The number of furan rings is 1. The number of hydrogen-bond acceptors (Lipinski definition) is 3. The van der Waals surface area contributed by atoms with Gasteiger partial charge in [0.15, 0.2) is 0 Å². The van der Waals surface area contributed by atoms with Crippen LogP contribution in [0, 0.1) is 0 Å². The zero-order valence-electron chi connectivity index (χ0n) is 10.1. The number of halogens is 1. The third-order valence-corrected chi connectivity index (χ3v) is 4.63. The lowest BCUT2D eigenvalue weighted by atomic mass is 10.2. The smallest absolute Gasteiger partial charge is 0.234 e. The molecular weight excluding hydrogens is 282 g/mol. The number of carbonyl (C=O) groups is 1. The van der Waals surface area contributed by atoms with Crippen molar-refractivity contribution < 1.29 is 9.21 Å². The van der Waals surface area contributed by atoms with Gasteiger partial charge in [-0.25, -0.2) is 0 Å². The van der Waals surface area contributed by atoms with Gasteiger partial charge in [-0.2, -0.15) is 0 Å².